The second-order valence-corrected chi connectivity index (χ2v) is 11.3. The minimum Gasteiger partial charge on any atom is -0.503 e. The van der Waals surface area contributed by atoms with Gasteiger partial charge in [0.1, 0.15) is 23.1 Å². The second-order valence-electron chi connectivity index (χ2n) is 9.13. The molecule has 0 aromatic carbocycles. The number of nitrogens with one attached hydrogen (secondary N) is 1. The van der Waals surface area contributed by atoms with E-state index in [2.05, 4.69) is 25.8 Å². The molecule has 7 N–H and O–H groups in total. The van der Waals surface area contributed by atoms with E-state index in [1.165, 1.54) is 5.38 Å². The Morgan fingerprint density at radius 1 is 1.29 bits per heavy atom. The van der Waals surface area contributed by atoms with Crippen molar-refractivity contribution in [2.75, 3.05) is 5.73 Å². The van der Waals surface area contributed by atoms with Crippen LogP contribution in [-0.2, 0) is 36.1 Å². The van der Waals surface area contributed by atoms with Crippen LogP contribution in [0.25, 0.3) is 11.4 Å². The zero-order valence-corrected chi connectivity index (χ0v) is 23.0. The number of aromatic hydroxyl groups is 1. The van der Waals surface area contributed by atoms with Crippen molar-refractivity contribution < 1.29 is 47.6 Å². The highest BCUT2D eigenvalue weighted by molar-refractivity contribution is 7.84. The van der Waals surface area contributed by atoms with Crippen LogP contribution in [0.15, 0.2) is 33.8 Å². The maximum Gasteiger partial charge on any atom is 0.362 e. The number of hydrogen-bond donors (Lipinski definition) is 6. The molecule has 3 aromatic heterocycles. The molecule has 0 spiro atoms. The van der Waals surface area contributed by atoms with Crippen molar-refractivity contribution in [3.8, 4) is 17.1 Å². The van der Waals surface area contributed by atoms with Crippen molar-refractivity contribution in [2.45, 2.75) is 38.1 Å². The first-order chi connectivity index (χ1) is 19.5. The Labute approximate surface area is 238 Å². The fourth-order valence-electron chi connectivity index (χ4n) is 3.55. The van der Waals surface area contributed by atoms with E-state index < -0.39 is 69.2 Å². The molecule has 1 saturated heterocycles. The third-order valence-electron chi connectivity index (χ3n) is 5.75. The van der Waals surface area contributed by atoms with Crippen LogP contribution < -0.4 is 16.5 Å². The molecule has 0 saturated carbocycles. The number of nitrogens with two attached hydrogens (primary N) is 1. The number of amides is 2. The normalized spacial score (nSPS) is 17.5. The topological polar surface area (TPSA) is 295 Å². The van der Waals surface area contributed by atoms with Gasteiger partial charge < -0.3 is 31.3 Å². The minimum absolute atomic E-state index is 0.0158. The maximum absolute atomic E-state index is 13.2. The number of carbonyl (C=O) groups excluding carboxylic acids is 2. The number of thiazole rings is 1. The Morgan fingerprint density at radius 2 is 1.98 bits per heavy atom. The van der Waals surface area contributed by atoms with Gasteiger partial charge >= 0.3 is 16.3 Å². The molecule has 1 aliphatic rings. The van der Waals surface area contributed by atoms with Gasteiger partial charge in [-0.3, -0.25) is 18.9 Å². The number of β-lactam (4-membered cyclic amide) rings is 1. The molecule has 22 heteroatoms. The molecule has 0 radical (unpaired) electrons. The summed E-state index contributed by atoms with van der Waals surface area (Å²) in [5.41, 5.74) is 1.86. The van der Waals surface area contributed by atoms with Crippen LogP contribution in [0.3, 0.4) is 0 Å². The highest BCUT2D eigenvalue weighted by Crippen LogP contribution is 2.26. The Bertz CT molecular complexity index is 1780. The van der Waals surface area contributed by atoms with Gasteiger partial charge in [0.05, 0.1) is 25.0 Å². The standard InChI is InChI=1S/C20H21N9O11S2/c1-20(2,18(34)35)40-25-14(9-7-41-19(21)22-9)16(32)23-15-11(29(17(15)33)42(37,38)39)5-27-4-8(24-26-27)10-3-12(30)13(31)6-28(10)36/h3-4,6-7,11,15,31,36H,5H2,1-2H3,(H2,21,22)(H,23,32)(H,34,35)(H,37,38,39)/t11-,15-/m0/s1. The predicted molar refractivity (Wildman–Crippen MR) is 139 cm³/mol. The molecule has 0 aliphatic carbocycles. The Kier molecular flexibility index (Phi) is 7.62. The maximum atomic E-state index is 13.2. The van der Waals surface area contributed by atoms with Crippen LogP contribution in [-0.4, -0.2) is 98.6 Å². The van der Waals surface area contributed by atoms with E-state index in [0.717, 1.165) is 42.1 Å². The van der Waals surface area contributed by atoms with E-state index in [1.807, 2.05) is 0 Å². The number of nitrogen functional groups attached to an aromatic ring is 1. The van der Waals surface area contributed by atoms with Crippen LogP contribution in [0.4, 0.5) is 5.13 Å². The van der Waals surface area contributed by atoms with E-state index in [1.54, 1.807) is 0 Å². The van der Waals surface area contributed by atoms with Gasteiger partial charge in [0.2, 0.25) is 11.0 Å². The molecule has 0 unspecified atom stereocenters. The summed E-state index contributed by atoms with van der Waals surface area (Å²) in [6.07, 6.45) is 1.86. The van der Waals surface area contributed by atoms with Crippen molar-refractivity contribution in [3.05, 3.63) is 39.8 Å². The highest BCUT2D eigenvalue weighted by atomic mass is 32.2. The number of nitrogens with zero attached hydrogens (tertiary/aromatic N) is 7. The number of oxime groups is 1. The summed E-state index contributed by atoms with van der Waals surface area (Å²) < 4.78 is 34.9. The number of aromatic nitrogens is 5. The van der Waals surface area contributed by atoms with Crippen LogP contribution in [0, 0.1) is 0 Å². The largest absolute Gasteiger partial charge is 0.503 e. The lowest BCUT2D eigenvalue weighted by Crippen LogP contribution is -2.73. The molecule has 2 amide bonds. The van der Waals surface area contributed by atoms with Gasteiger partial charge in [-0.15, -0.1) is 16.4 Å². The van der Waals surface area contributed by atoms with Crippen LogP contribution >= 0.6 is 11.3 Å². The molecular formula is C20H21N9O11S2. The monoisotopic (exact) mass is 627 g/mol. The van der Waals surface area contributed by atoms with Crippen LogP contribution in [0.1, 0.15) is 19.5 Å². The third kappa shape index (κ3) is 5.84. The first kappa shape index (κ1) is 29.9. The Morgan fingerprint density at radius 3 is 2.57 bits per heavy atom. The summed E-state index contributed by atoms with van der Waals surface area (Å²) in [4.78, 5) is 58.0. The summed E-state index contributed by atoms with van der Waals surface area (Å²) in [7, 11) is -5.11. The molecule has 4 rings (SSSR count). The van der Waals surface area contributed by atoms with Crippen molar-refractivity contribution in [1.82, 2.24) is 34.3 Å². The van der Waals surface area contributed by atoms with E-state index in [0.29, 0.717) is 10.9 Å². The molecule has 1 aliphatic heterocycles. The molecule has 4 heterocycles. The smallest absolute Gasteiger partial charge is 0.362 e. The zero-order valence-electron chi connectivity index (χ0n) is 21.3. The van der Waals surface area contributed by atoms with Crippen LogP contribution in [0.2, 0.25) is 0 Å². The lowest BCUT2D eigenvalue weighted by atomic mass is 9.98. The lowest BCUT2D eigenvalue weighted by Gasteiger charge is -2.43. The van der Waals surface area contributed by atoms with Gasteiger partial charge in [-0.25, -0.2) is 18.8 Å². The molecule has 1 fully saturated rings. The summed E-state index contributed by atoms with van der Waals surface area (Å²) in [5.74, 6) is -4.53. The Hall–Kier alpha value is -5.09. The third-order valence-corrected chi connectivity index (χ3v) is 7.37. The van der Waals surface area contributed by atoms with E-state index in [-0.39, 0.29) is 26.5 Å². The van der Waals surface area contributed by atoms with E-state index in [9.17, 15) is 47.6 Å². The number of carbonyl (C=O) groups is 3. The lowest BCUT2D eigenvalue weighted by molar-refractivity contribution is -0.161. The molecule has 20 nitrogen and oxygen atoms in total. The SMILES string of the molecule is CC(C)(ON=C(C(=O)N[C@@H]1C(=O)N(S(=O)(=O)O)[C@H]1Cn1cc(-c2cc(=O)c(O)cn2O)nn1)c1csc(N)n1)C(=O)O. The molecule has 0 bridgehead atoms. The molecule has 3 aromatic rings. The fourth-order valence-corrected chi connectivity index (χ4v) is 4.97. The average molecular weight is 628 g/mol. The van der Waals surface area contributed by atoms with Gasteiger partial charge in [0.15, 0.2) is 16.6 Å². The fraction of sp³-hybridized carbons (Fsp3) is 0.300. The summed E-state index contributed by atoms with van der Waals surface area (Å²) >= 11 is 0.913. The quantitative estimate of drug-likeness (QED) is 0.0460. The zero-order chi connectivity index (χ0) is 31.1. The highest BCUT2D eigenvalue weighted by Gasteiger charge is 2.54. The number of carboxylic acid groups (broad SMARTS) is 1. The van der Waals surface area contributed by atoms with Gasteiger partial charge in [0.25, 0.3) is 11.8 Å². The summed E-state index contributed by atoms with van der Waals surface area (Å²) in [6, 6.07) is -2.21. The van der Waals surface area contributed by atoms with Gasteiger partial charge in [0, 0.05) is 11.4 Å². The predicted octanol–water partition coefficient (Wildman–Crippen LogP) is -2.13. The summed E-state index contributed by atoms with van der Waals surface area (Å²) in [5, 5.41) is 43.4. The minimum atomic E-state index is -5.11. The summed E-state index contributed by atoms with van der Waals surface area (Å²) in [6.45, 7) is 1.82. The number of aliphatic carboxylic acids is 1. The number of pyridine rings is 1. The Balaban J connectivity index is 1.62. The number of rotatable bonds is 10. The van der Waals surface area contributed by atoms with Gasteiger partial charge in [-0.1, -0.05) is 10.4 Å². The van der Waals surface area contributed by atoms with Crippen molar-refractivity contribution in [3.63, 3.8) is 0 Å². The van der Waals surface area contributed by atoms with E-state index in [4.69, 9.17) is 10.6 Å². The molecule has 42 heavy (non-hydrogen) atoms. The van der Waals surface area contributed by atoms with Crippen molar-refractivity contribution in [2.24, 2.45) is 5.16 Å². The van der Waals surface area contributed by atoms with Gasteiger partial charge in [-0.05, 0) is 13.8 Å². The first-order valence-corrected chi connectivity index (χ1v) is 13.6. The van der Waals surface area contributed by atoms with Crippen molar-refractivity contribution in [1.29, 1.82) is 0 Å². The number of hydrogen-bond acceptors (Lipinski definition) is 15. The van der Waals surface area contributed by atoms with Crippen LogP contribution in [0.5, 0.6) is 5.75 Å². The molecule has 224 valence electrons. The molecule has 2 atom stereocenters. The molecular weight excluding hydrogens is 606 g/mol. The average Bonchev–Trinajstić information content (AvgIpc) is 3.52. The van der Waals surface area contributed by atoms with Crippen molar-refractivity contribution >= 4 is 50.3 Å². The second kappa shape index (κ2) is 10.7. The van der Waals surface area contributed by atoms with E-state index >= 15 is 0 Å². The van der Waals surface area contributed by atoms with Gasteiger partial charge in [-0.2, -0.15) is 13.1 Å². The number of anilines is 1. The number of carboxylic acids is 1. The first-order valence-electron chi connectivity index (χ1n) is 11.4.